The van der Waals surface area contributed by atoms with Crippen LogP contribution in [0.5, 0.6) is 0 Å². The second kappa shape index (κ2) is 2.20. The van der Waals surface area contributed by atoms with E-state index >= 15 is 0 Å². The van der Waals surface area contributed by atoms with Crippen LogP contribution in [-0.2, 0) is 0 Å². The van der Waals surface area contributed by atoms with Gasteiger partial charge in [-0.1, -0.05) is 11.6 Å². The molecule has 0 saturated carbocycles. The van der Waals surface area contributed by atoms with Crippen LogP contribution in [0.25, 0.3) is 5.65 Å². The first-order valence-electron chi connectivity index (χ1n) is 3.05. The summed E-state index contributed by atoms with van der Waals surface area (Å²) >= 11 is 5.63. The molecule has 2 rings (SSSR count). The van der Waals surface area contributed by atoms with Gasteiger partial charge in [-0.3, -0.25) is 4.40 Å². The first kappa shape index (κ1) is 6.61. The van der Waals surface area contributed by atoms with E-state index in [2.05, 4.69) is 4.98 Å². The van der Waals surface area contributed by atoms with Gasteiger partial charge < -0.3 is 0 Å². The molecule has 0 amide bonds. The molecule has 0 aliphatic carbocycles. The van der Waals surface area contributed by atoms with Gasteiger partial charge >= 0.3 is 0 Å². The number of pyridine rings is 1. The van der Waals surface area contributed by atoms with Crippen molar-refractivity contribution >= 4 is 17.2 Å². The van der Waals surface area contributed by atoms with Crippen LogP contribution in [0.4, 0.5) is 4.39 Å². The van der Waals surface area contributed by atoms with Crippen LogP contribution in [0.2, 0.25) is 5.02 Å². The zero-order valence-electron chi connectivity index (χ0n) is 5.46. The standard InChI is InChI=1S/C7H4ClFN2/c8-5-1-2-7-10-3-6(9)11(7)4-5/h1-4H. The van der Waals surface area contributed by atoms with Gasteiger partial charge in [0.15, 0.2) is 0 Å². The maximum Gasteiger partial charge on any atom is 0.217 e. The number of fused-ring (bicyclic) bond motifs is 1. The summed E-state index contributed by atoms with van der Waals surface area (Å²) in [6.45, 7) is 0. The van der Waals surface area contributed by atoms with Crippen LogP contribution in [-0.4, -0.2) is 9.38 Å². The molecule has 0 saturated heterocycles. The summed E-state index contributed by atoms with van der Waals surface area (Å²) in [7, 11) is 0. The highest BCUT2D eigenvalue weighted by atomic mass is 35.5. The Labute approximate surface area is 67.2 Å². The molecule has 2 nitrogen and oxygen atoms in total. The maximum absolute atomic E-state index is 12.8. The lowest BCUT2D eigenvalue weighted by molar-refractivity contribution is 0.573. The molecule has 11 heavy (non-hydrogen) atoms. The predicted molar refractivity (Wildman–Crippen MR) is 40.2 cm³/mol. The number of halogens is 2. The zero-order chi connectivity index (χ0) is 7.84. The van der Waals surface area contributed by atoms with Crippen LogP contribution < -0.4 is 0 Å². The second-order valence-corrected chi connectivity index (χ2v) is 2.59. The minimum absolute atomic E-state index is 0.400. The fourth-order valence-electron chi connectivity index (χ4n) is 0.925. The van der Waals surface area contributed by atoms with E-state index in [-0.39, 0.29) is 0 Å². The van der Waals surface area contributed by atoms with Gasteiger partial charge in [0.25, 0.3) is 0 Å². The number of hydrogen-bond donors (Lipinski definition) is 0. The predicted octanol–water partition coefficient (Wildman–Crippen LogP) is 2.13. The summed E-state index contributed by atoms with van der Waals surface area (Å²) in [6.07, 6.45) is 2.64. The van der Waals surface area contributed by atoms with Crippen molar-refractivity contribution in [3.8, 4) is 0 Å². The van der Waals surface area contributed by atoms with Crippen molar-refractivity contribution in [2.24, 2.45) is 0 Å². The smallest absolute Gasteiger partial charge is 0.217 e. The number of rotatable bonds is 0. The van der Waals surface area contributed by atoms with Crippen LogP contribution in [0, 0.1) is 5.95 Å². The van der Waals surface area contributed by atoms with E-state index in [1.54, 1.807) is 12.1 Å². The highest BCUT2D eigenvalue weighted by molar-refractivity contribution is 6.30. The molecule has 56 valence electrons. The normalized spacial score (nSPS) is 10.7. The molecule has 0 N–H and O–H groups in total. The van der Waals surface area contributed by atoms with Crippen molar-refractivity contribution in [2.45, 2.75) is 0 Å². The van der Waals surface area contributed by atoms with E-state index in [4.69, 9.17) is 11.6 Å². The lowest BCUT2D eigenvalue weighted by Crippen LogP contribution is -1.85. The second-order valence-electron chi connectivity index (χ2n) is 2.16. The van der Waals surface area contributed by atoms with E-state index in [1.807, 2.05) is 0 Å². The van der Waals surface area contributed by atoms with Crippen LogP contribution in [0.3, 0.4) is 0 Å². The Morgan fingerprint density at radius 2 is 2.27 bits per heavy atom. The molecule has 0 radical (unpaired) electrons. The molecular weight excluding hydrogens is 167 g/mol. The highest BCUT2D eigenvalue weighted by Gasteiger charge is 2.00. The summed E-state index contributed by atoms with van der Waals surface area (Å²) in [5, 5.41) is 0.495. The molecular formula is C7H4ClFN2. The van der Waals surface area contributed by atoms with Crippen molar-refractivity contribution in [2.75, 3.05) is 0 Å². The monoisotopic (exact) mass is 170 g/mol. The molecule has 2 heterocycles. The Balaban J connectivity index is 2.87. The Morgan fingerprint density at radius 1 is 1.45 bits per heavy atom. The van der Waals surface area contributed by atoms with Gasteiger partial charge in [0.2, 0.25) is 5.95 Å². The quantitative estimate of drug-likeness (QED) is 0.592. The molecule has 0 bridgehead atoms. The number of aromatic nitrogens is 2. The molecule has 0 aliphatic heterocycles. The summed E-state index contributed by atoms with van der Waals surface area (Å²) in [5.74, 6) is -0.400. The van der Waals surface area contributed by atoms with Gasteiger partial charge in [-0.15, -0.1) is 0 Å². The molecule has 0 unspecified atom stereocenters. The van der Waals surface area contributed by atoms with E-state index in [0.29, 0.717) is 10.7 Å². The molecule has 4 heteroatoms. The number of imidazole rings is 1. The lowest BCUT2D eigenvalue weighted by Gasteiger charge is -1.92. The van der Waals surface area contributed by atoms with Crippen molar-refractivity contribution in [3.05, 3.63) is 35.5 Å². The van der Waals surface area contributed by atoms with E-state index in [0.717, 1.165) is 6.20 Å². The largest absolute Gasteiger partial charge is 0.275 e. The third-order valence-electron chi connectivity index (χ3n) is 1.42. The van der Waals surface area contributed by atoms with Gasteiger partial charge in [0.1, 0.15) is 5.65 Å². The van der Waals surface area contributed by atoms with Gasteiger partial charge in [-0.05, 0) is 12.1 Å². The Bertz CT molecular complexity index is 396. The number of nitrogens with zero attached hydrogens (tertiary/aromatic N) is 2. The summed E-state index contributed by atoms with van der Waals surface area (Å²) in [4.78, 5) is 3.79. The maximum atomic E-state index is 12.8. The van der Waals surface area contributed by atoms with Crippen LogP contribution in [0.15, 0.2) is 24.5 Å². The molecule has 2 aromatic heterocycles. The fraction of sp³-hybridized carbons (Fsp3) is 0. The van der Waals surface area contributed by atoms with Crippen molar-refractivity contribution in [3.63, 3.8) is 0 Å². The molecule has 0 spiro atoms. The topological polar surface area (TPSA) is 17.3 Å². The van der Waals surface area contributed by atoms with E-state index in [1.165, 1.54) is 10.6 Å². The fourth-order valence-corrected chi connectivity index (χ4v) is 1.09. The first-order valence-corrected chi connectivity index (χ1v) is 3.43. The van der Waals surface area contributed by atoms with Crippen molar-refractivity contribution in [1.29, 1.82) is 0 Å². The first-order chi connectivity index (χ1) is 5.27. The average molecular weight is 171 g/mol. The van der Waals surface area contributed by atoms with E-state index < -0.39 is 5.95 Å². The summed E-state index contributed by atoms with van der Waals surface area (Å²) in [6, 6.07) is 3.33. The Kier molecular flexibility index (Phi) is 1.32. The van der Waals surface area contributed by atoms with Crippen LogP contribution >= 0.6 is 11.6 Å². The summed E-state index contributed by atoms with van der Waals surface area (Å²) in [5.41, 5.74) is 0.562. The van der Waals surface area contributed by atoms with Crippen LogP contribution in [0.1, 0.15) is 0 Å². The number of hydrogen-bond acceptors (Lipinski definition) is 1. The van der Waals surface area contributed by atoms with Gasteiger partial charge in [0.05, 0.1) is 11.2 Å². The lowest BCUT2D eigenvalue weighted by atomic mass is 10.5. The van der Waals surface area contributed by atoms with E-state index in [9.17, 15) is 4.39 Å². The summed E-state index contributed by atoms with van der Waals surface area (Å²) < 4.78 is 14.1. The van der Waals surface area contributed by atoms with Gasteiger partial charge in [-0.2, -0.15) is 4.39 Å². The molecule has 0 atom stereocenters. The SMILES string of the molecule is Fc1cnc2ccc(Cl)cn12. The minimum atomic E-state index is -0.400. The minimum Gasteiger partial charge on any atom is -0.275 e. The van der Waals surface area contributed by atoms with Gasteiger partial charge in [0, 0.05) is 6.20 Å². The van der Waals surface area contributed by atoms with Crippen molar-refractivity contribution in [1.82, 2.24) is 9.38 Å². The average Bonchev–Trinajstić information content (AvgIpc) is 2.33. The Morgan fingerprint density at radius 3 is 3.09 bits per heavy atom. The molecule has 0 aromatic carbocycles. The zero-order valence-corrected chi connectivity index (χ0v) is 6.22. The van der Waals surface area contributed by atoms with Gasteiger partial charge in [-0.25, -0.2) is 4.98 Å². The third-order valence-corrected chi connectivity index (χ3v) is 1.65. The van der Waals surface area contributed by atoms with Crippen molar-refractivity contribution < 1.29 is 4.39 Å². The third kappa shape index (κ3) is 0.973. The molecule has 0 fully saturated rings. The highest BCUT2D eigenvalue weighted by Crippen LogP contribution is 2.11. The molecule has 0 aliphatic rings. The molecule has 2 aromatic rings. The Hall–Kier alpha value is -1.09.